The standard InChI is InChI=1S/C14H17NO2/c1-10(2)11-5-6-13(12(7-11)8-15)17-14(3,4)9-16/h5-7,9-10H,1-4H3. The first-order valence-electron chi connectivity index (χ1n) is 5.59. The summed E-state index contributed by atoms with van der Waals surface area (Å²) in [6, 6.07) is 7.57. The summed E-state index contributed by atoms with van der Waals surface area (Å²) in [7, 11) is 0. The quantitative estimate of drug-likeness (QED) is 0.748. The molecule has 0 spiro atoms. The van der Waals surface area contributed by atoms with E-state index in [-0.39, 0.29) is 0 Å². The maximum absolute atomic E-state index is 10.8. The van der Waals surface area contributed by atoms with Crippen molar-refractivity contribution in [2.45, 2.75) is 39.2 Å². The topological polar surface area (TPSA) is 50.1 Å². The molecule has 0 radical (unpaired) electrons. The molecule has 0 bridgehead atoms. The molecule has 0 saturated carbocycles. The molecule has 1 aromatic carbocycles. The fourth-order valence-corrected chi connectivity index (χ4v) is 1.39. The third-order valence-corrected chi connectivity index (χ3v) is 2.45. The highest BCUT2D eigenvalue weighted by Crippen LogP contribution is 2.26. The fraction of sp³-hybridized carbons (Fsp3) is 0.429. The number of aldehydes is 1. The summed E-state index contributed by atoms with van der Waals surface area (Å²) in [5.41, 5.74) is 0.634. The van der Waals surface area contributed by atoms with Gasteiger partial charge in [0.1, 0.15) is 11.8 Å². The van der Waals surface area contributed by atoms with Crippen molar-refractivity contribution in [2.24, 2.45) is 0 Å². The second-order valence-corrected chi connectivity index (χ2v) is 4.85. The zero-order chi connectivity index (χ0) is 13.1. The average molecular weight is 231 g/mol. The molecule has 0 aliphatic carbocycles. The third-order valence-electron chi connectivity index (χ3n) is 2.45. The Kier molecular flexibility index (Phi) is 3.90. The highest BCUT2D eigenvalue weighted by atomic mass is 16.5. The van der Waals surface area contributed by atoms with Crippen molar-refractivity contribution in [1.29, 1.82) is 5.26 Å². The molecule has 0 aromatic heterocycles. The molecule has 1 aromatic rings. The lowest BCUT2D eigenvalue weighted by atomic mass is 10.0. The Labute approximate surface area is 102 Å². The summed E-state index contributed by atoms with van der Waals surface area (Å²) in [6.07, 6.45) is 0.727. The van der Waals surface area contributed by atoms with Crippen LogP contribution in [0.1, 0.15) is 44.7 Å². The number of ether oxygens (including phenoxy) is 1. The second-order valence-electron chi connectivity index (χ2n) is 4.85. The molecule has 0 atom stereocenters. The van der Waals surface area contributed by atoms with Crippen molar-refractivity contribution in [2.75, 3.05) is 0 Å². The van der Waals surface area contributed by atoms with Crippen LogP contribution in [0, 0.1) is 11.3 Å². The van der Waals surface area contributed by atoms with Crippen LogP contribution >= 0.6 is 0 Å². The van der Waals surface area contributed by atoms with Gasteiger partial charge in [-0.25, -0.2) is 0 Å². The Bertz CT molecular complexity index is 456. The van der Waals surface area contributed by atoms with Crippen LogP contribution in [0.2, 0.25) is 0 Å². The van der Waals surface area contributed by atoms with Gasteiger partial charge in [-0.05, 0) is 37.5 Å². The van der Waals surface area contributed by atoms with Gasteiger partial charge >= 0.3 is 0 Å². The summed E-state index contributed by atoms with van der Waals surface area (Å²) in [4.78, 5) is 10.8. The molecule has 90 valence electrons. The van der Waals surface area contributed by atoms with Crippen LogP contribution in [0.5, 0.6) is 5.75 Å². The van der Waals surface area contributed by atoms with Gasteiger partial charge in [0, 0.05) is 0 Å². The monoisotopic (exact) mass is 231 g/mol. The van der Waals surface area contributed by atoms with E-state index in [9.17, 15) is 4.79 Å². The van der Waals surface area contributed by atoms with Gasteiger partial charge in [0.15, 0.2) is 11.9 Å². The Morgan fingerprint density at radius 2 is 2.06 bits per heavy atom. The molecule has 17 heavy (non-hydrogen) atoms. The molecule has 0 amide bonds. The van der Waals surface area contributed by atoms with Gasteiger partial charge in [0.05, 0.1) is 5.56 Å². The average Bonchev–Trinajstić information content (AvgIpc) is 2.29. The van der Waals surface area contributed by atoms with Crippen LogP contribution in [-0.2, 0) is 4.79 Å². The van der Waals surface area contributed by atoms with Crippen molar-refractivity contribution in [3.8, 4) is 11.8 Å². The third kappa shape index (κ3) is 3.32. The normalized spacial score (nSPS) is 11.1. The van der Waals surface area contributed by atoms with Gasteiger partial charge in [0.2, 0.25) is 0 Å². The summed E-state index contributed by atoms with van der Waals surface area (Å²) in [5, 5.41) is 9.08. The molecule has 0 aliphatic heterocycles. The van der Waals surface area contributed by atoms with Crippen LogP contribution < -0.4 is 4.74 Å². The molecular weight excluding hydrogens is 214 g/mol. The van der Waals surface area contributed by atoms with Gasteiger partial charge in [-0.1, -0.05) is 19.9 Å². The van der Waals surface area contributed by atoms with E-state index in [1.165, 1.54) is 0 Å². The smallest absolute Gasteiger partial charge is 0.162 e. The Morgan fingerprint density at radius 3 is 2.53 bits per heavy atom. The molecule has 0 heterocycles. The van der Waals surface area contributed by atoms with Crippen molar-refractivity contribution < 1.29 is 9.53 Å². The molecule has 3 nitrogen and oxygen atoms in total. The number of hydrogen-bond acceptors (Lipinski definition) is 3. The summed E-state index contributed by atoms with van der Waals surface area (Å²) < 4.78 is 5.52. The predicted molar refractivity (Wildman–Crippen MR) is 66.0 cm³/mol. The number of nitriles is 1. The zero-order valence-electron chi connectivity index (χ0n) is 10.7. The second kappa shape index (κ2) is 5.01. The Morgan fingerprint density at radius 1 is 1.41 bits per heavy atom. The highest BCUT2D eigenvalue weighted by molar-refractivity contribution is 5.62. The number of carbonyl (C=O) groups is 1. The number of carbonyl (C=O) groups excluding carboxylic acids is 1. The van der Waals surface area contributed by atoms with Crippen LogP contribution in [0.4, 0.5) is 0 Å². The predicted octanol–water partition coefficient (Wildman–Crippen LogP) is 3.04. The fourth-order valence-electron chi connectivity index (χ4n) is 1.39. The first-order chi connectivity index (χ1) is 7.89. The summed E-state index contributed by atoms with van der Waals surface area (Å²) >= 11 is 0. The number of hydrogen-bond donors (Lipinski definition) is 0. The van der Waals surface area contributed by atoms with E-state index in [1.807, 2.05) is 6.07 Å². The molecule has 0 N–H and O–H groups in total. The van der Waals surface area contributed by atoms with Crippen LogP contribution in [0.15, 0.2) is 18.2 Å². The van der Waals surface area contributed by atoms with Gasteiger partial charge in [-0.15, -0.1) is 0 Å². The first-order valence-corrected chi connectivity index (χ1v) is 5.59. The molecular formula is C14H17NO2. The lowest BCUT2D eigenvalue weighted by molar-refractivity contribution is -0.119. The molecule has 0 aliphatic rings. The van der Waals surface area contributed by atoms with Gasteiger partial charge in [-0.2, -0.15) is 5.26 Å². The number of nitrogens with zero attached hydrogens (tertiary/aromatic N) is 1. The first kappa shape index (κ1) is 13.2. The zero-order valence-corrected chi connectivity index (χ0v) is 10.7. The molecule has 0 unspecified atom stereocenters. The highest BCUT2D eigenvalue weighted by Gasteiger charge is 2.20. The van der Waals surface area contributed by atoms with Crippen molar-refractivity contribution in [1.82, 2.24) is 0 Å². The van der Waals surface area contributed by atoms with Crippen LogP contribution in [-0.4, -0.2) is 11.9 Å². The van der Waals surface area contributed by atoms with E-state index in [0.29, 0.717) is 17.2 Å². The molecule has 3 heteroatoms. The molecule has 0 fully saturated rings. The van der Waals surface area contributed by atoms with Crippen LogP contribution in [0.25, 0.3) is 0 Å². The van der Waals surface area contributed by atoms with Crippen molar-refractivity contribution in [3.05, 3.63) is 29.3 Å². The number of benzene rings is 1. The maximum atomic E-state index is 10.8. The maximum Gasteiger partial charge on any atom is 0.162 e. The summed E-state index contributed by atoms with van der Waals surface area (Å²) in [6.45, 7) is 7.45. The Hall–Kier alpha value is -1.82. The van der Waals surface area contributed by atoms with Crippen molar-refractivity contribution in [3.63, 3.8) is 0 Å². The van der Waals surface area contributed by atoms with E-state index in [2.05, 4.69) is 19.9 Å². The lowest BCUT2D eigenvalue weighted by Gasteiger charge is -2.21. The van der Waals surface area contributed by atoms with Gasteiger partial charge in [0.25, 0.3) is 0 Å². The van der Waals surface area contributed by atoms with E-state index in [1.54, 1.807) is 26.0 Å². The van der Waals surface area contributed by atoms with E-state index >= 15 is 0 Å². The largest absolute Gasteiger partial charge is 0.479 e. The van der Waals surface area contributed by atoms with Gasteiger partial charge in [-0.3, -0.25) is 4.79 Å². The Balaban J connectivity index is 3.10. The SMILES string of the molecule is CC(C)c1ccc(OC(C)(C)C=O)c(C#N)c1. The van der Waals surface area contributed by atoms with E-state index < -0.39 is 5.60 Å². The minimum Gasteiger partial charge on any atom is -0.479 e. The minimum atomic E-state index is -0.912. The molecule has 1 rings (SSSR count). The number of rotatable bonds is 4. The minimum absolute atomic E-state index is 0.357. The van der Waals surface area contributed by atoms with Crippen molar-refractivity contribution >= 4 is 6.29 Å². The summed E-state index contributed by atoms with van der Waals surface area (Å²) in [5.74, 6) is 0.809. The van der Waals surface area contributed by atoms with E-state index in [0.717, 1.165) is 11.8 Å². The van der Waals surface area contributed by atoms with Gasteiger partial charge < -0.3 is 4.74 Å². The lowest BCUT2D eigenvalue weighted by Crippen LogP contribution is -2.30. The molecule has 0 saturated heterocycles. The van der Waals surface area contributed by atoms with E-state index in [4.69, 9.17) is 10.00 Å². The van der Waals surface area contributed by atoms with Crippen LogP contribution in [0.3, 0.4) is 0 Å².